The molecule has 1 aromatic carbocycles. The quantitative estimate of drug-likeness (QED) is 0.800. The molecule has 0 saturated carbocycles. The van der Waals surface area contributed by atoms with Gasteiger partial charge in [-0.2, -0.15) is 5.26 Å². The molecule has 1 amide bonds. The van der Waals surface area contributed by atoms with E-state index in [9.17, 15) is 9.59 Å². The van der Waals surface area contributed by atoms with Gasteiger partial charge in [-0.3, -0.25) is 9.59 Å². The summed E-state index contributed by atoms with van der Waals surface area (Å²) >= 11 is 1.17. The lowest BCUT2D eigenvalue weighted by Gasteiger charge is -2.20. The molecule has 100 valence electrons. The minimum Gasteiger partial charge on any atom is -0.480 e. The SMILES string of the molecule is Cc1ccc(N(CC(=O)O)C(=O)CSCC#N)cc1. The Morgan fingerprint density at radius 3 is 2.53 bits per heavy atom. The fourth-order valence-electron chi connectivity index (χ4n) is 1.45. The maximum atomic E-state index is 12.0. The van der Waals surface area contributed by atoms with Crippen molar-refractivity contribution in [3.8, 4) is 6.07 Å². The molecule has 19 heavy (non-hydrogen) atoms. The van der Waals surface area contributed by atoms with E-state index in [0.717, 1.165) is 5.56 Å². The second-order valence-corrected chi connectivity index (χ2v) is 4.85. The zero-order chi connectivity index (χ0) is 14.3. The first-order chi connectivity index (χ1) is 9.04. The molecule has 1 aromatic rings. The maximum Gasteiger partial charge on any atom is 0.323 e. The molecule has 0 radical (unpaired) electrons. The molecule has 1 N–H and O–H groups in total. The van der Waals surface area contributed by atoms with Crippen LogP contribution in [0.3, 0.4) is 0 Å². The number of aliphatic carboxylic acids is 1. The van der Waals surface area contributed by atoms with E-state index in [-0.39, 0.29) is 24.0 Å². The van der Waals surface area contributed by atoms with Crippen LogP contribution in [0, 0.1) is 18.3 Å². The second-order valence-electron chi connectivity index (χ2n) is 3.86. The molecule has 6 heteroatoms. The van der Waals surface area contributed by atoms with Crippen molar-refractivity contribution in [3.63, 3.8) is 0 Å². The molecule has 0 heterocycles. The Morgan fingerprint density at radius 1 is 1.37 bits per heavy atom. The molecule has 0 aliphatic rings. The van der Waals surface area contributed by atoms with Gasteiger partial charge in [-0.1, -0.05) is 17.7 Å². The summed E-state index contributed by atoms with van der Waals surface area (Å²) in [6, 6.07) is 8.99. The van der Waals surface area contributed by atoms with Gasteiger partial charge in [-0.15, -0.1) is 11.8 Å². The van der Waals surface area contributed by atoms with Gasteiger partial charge in [-0.05, 0) is 19.1 Å². The van der Waals surface area contributed by atoms with Gasteiger partial charge in [0, 0.05) is 5.69 Å². The fraction of sp³-hybridized carbons (Fsp3) is 0.308. The molecular weight excluding hydrogens is 264 g/mol. The lowest BCUT2D eigenvalue weighted by atomic mass is 10.2. The van der Waals surface area contributed by atoms with Crippen molar-refractivity contribution < 1.29 is 14.7 Å². The predicted octanol–water partition coefficient (Wildman–Crippen LogP) is 1.67. The molecule has 0 fully saturated rings. The summed E-state index contributed by atoms with van der Waals surface area (Å²) in [6.07, 6.45) is 0. The Balaban J connectivity index is 2.82. The highest BCUT2D eigenvalue weighted by Crippen LogP contribution is 2.16. The van der Waals surface area contributed by atoms with Crippen LogP contribution < -0.4 is 4.90 Å². The maximum absolute atomic E-state index is 12.0. The van der Waals surface area contributed by atoms with Crippen molar-refractivity contribution in [1.82, 2.24) is 0 Å². The van der Waals surface area contributed by atoms with Crippen LogP contribution in [0.2, 0.25) is 0 Å². The van der Waals surface area contributed by atoms with Crippen LogP contribution in [0.1, 0.15) is 5.56 Å². The number of aryl methyl sites for hydroxylation is 1. The third-order valence-electron chi connectivity index (χ3n) is 2.33. The molecule has 0 saturated heterocycles. The number of thioether (sulfide) groups is 1. The molecular formula is C13H14N2O3S. The van der Waals surface area contributed by atoms with Crippen molar-refractivity contribution in [2.24, 2.45) is 0 Å². The Labute approximate surface area is 115 Å². The normalized spacial score (nSPS) is 9.68. The number of rotatable bonds is 6. The lowest BCUT2D eigenvalue weighted by Crippen LogP contribution is -2.37. The van der Waals surface area contributed by atoms with Crippen LogP contribution >= 0.6 is 11.8 Å². The zero-order valence-corrected chi connectivity index (χ0v) is 11.3. The van der Waals surface area contributed by atoms with Crippen LogP contribution in [0.25, 0.3) is 0 Å². The first-order valence-electron chi connectivity index (χ1n) is 5.58. The highest BCUT2D eigenvalue weighted by molar-refractivity contribution is 8.00. The van der Waals surface area contributed by atoms with Crippen molar-refractivity contribution in [2.75, 3.05) is 23.0 Å². The van der Waals surface area contributed by atoms with Gasteiger partial charge in [-0.25, -0.2) is 0 Å². The van der Waals surface area contributed by atoms with Crippen molar-refractivity contribution in [2.45, 2.75) is 6.92 Å². The lowest BCUT2D eigenvalue weighted by molar-refractivity contribution is -0.136. The molecule has 0 aliphatic heterocycles. The molecule has 0 bridgehead atoms. The summed E-state index contributed by atoms with van der Waals surface area (Å²) in [4.78, 5) is 24.0. The second kappa shape index (κ2) is 7.44. The third-order valence-corrected chi connectivity index (χ3v) is 3.12. The van der Waals surface area contributed by atoms with Gasteiger partial charge < -0.3 is 10.0 Å². The molecule has 0 atom stereocenters. The summed E-state index contributed by atoms with van der Waals surface area (Å²) in [5, 5.41) is 17.3. The van der Waals surface area contributed by atoms with E-state index in [4.69, 9.17) is 10.4 Å². The number of anilines is 1. The number of carbonyl (C=O) groups excluding carboxylic acids is 1. The number of carboxylic acid groups (broad SMARTS) is 1. The number of nitrogens with zero attached hydrogens (tertiary/aromatic N) is 2. The third kappa shape index (κ3) is 5.02. The van der Waals surface area contributed by atoms with Crippen molar-refractivity contribution in [3.05, 3.63) is 29.8 Å². The van der Waals surface area contributed by atoms with Gasteiger partial charge in [0.1, 0.15) is 6.54 Å². The van der Waals surface area contributed by atoms with E-state index in [1.807, 2.05) is 25.1 Å². The standard InChI is InChI=1S/C13H14N2O3S/c1-10-2-4-11(5-3-10)15(8-13(17)18)12(16)9-19-7-6-14/h2-5H,7-9H2,1H3,(H,17,18). The van der Waals surface area contributed by atoms with Crippen LogP contribution in [-0.2, 0) is 9.59 Å². The number of amides is 1. The predicted molar refractivity (Wildman–Crippen MR) is 74.1 cm³/mol. The number of benzene rings is 1. The number of carboxylic acids is 1. The van der Waals surface area contributed by atoms with Gasteiger partial charge in [0.2, 0.25) is 5.91 Å². The number of nitriles is 1. The van der Waals surface area contributed by atoms with Crippen LogP contribution in [0.5, 0.6) is 0 Å². The largest absolute Gasteiger partial charge is 0.480 e. The van der Waals surface area contributed by atoms with Crippen molar-refractivity contribution in [1.29, 1.82) is 5.26 Å². The Morgan fingerprint density at radius 2 is 2.00 bits per heavy atom. The Kier molecular flexibility index (Phi) is 5.90. The average molecular weight is 278 g/mol. The number of hydrogen-bond donors (Lipinski definition) is 1. The average Bonchev–Trinajstić information content (AvgIpc) is 2.37. The smallest absolute Gasteiger partial charge is 0.323 e. The van der Waals surface area contributed by atoms with Gasteiger partial charge in [0.25, 0.3) is 0 Å². The first-order valence-corrected chi connectivity index (χ1v) is 6.73. The van der Waals surface area contributed by atoms with E-state index in [1.165, 1.54) is 16.7 Å². The van der Waals surface area contributed by atoms with E-state index < -0.39 is 5.97 Å². The minimum atomic E-state index is -1.07. The fourth-order valence-corrected chi connectivity index (χ4v) is 1.97. The summed E-state index contributed by atoms with van der Waals surface area (Å²) in [5.41, 5.74) is 1.58. The molecule has 5 nitrogen and oxygen atoms in total. The van der Waals surface area contributed by atoms with Crippen molar-refractivity contribution >= 4 is 29.3 Å². The number of carbonyl (C=O) groups is 2. The summed E-state index contributed by atoms with van der Waals surface area (Å²) in [5.74, 6) is -1.08. The topological polar surface area (TPSA) is 81.4 Å². The van der Waals surface area contributed by atoms with Crippen LogP contribution in [0.15, 0.2) is 24.3 Å². The molecule has 0 aromatic heterocycles. The first kappa shape index (κ1) is 15.1. The van der Waals surface area contributed by atoms with Crippen LogP contribution in [-0.4, -0.2) is 35.0 Å². The van der Waals surface area contributed by atoms with Gasteiger partial charge in [0.05, 0.1) is 17.6 Å². The summed E-state index contributed by atoms with van der Waals surface area (Å²) < 4.78 is 0. The molecule has 0 aliphatic carbocycles. The number of hydrogen-bond acceptors (Lipinski definition) is 4. The highest BCUT2D eigenvalue weighted by atomic mass is 32.2. The van der Waals surface area contributed by atoms with E-state index in [1.54, 1.807) is 12.1 Å². The molecule has 0 unspecified atom stereocenters. The molecule has 1 rings (SSSR count). The van der Waals surface area contributed by atoms with E-state index >= 15 is 0 Å². The summed E-state index contributed by atoms with van der Waals surface area (Å²) in [7, 11) is 0. The highest BCUT2D eigenvalue weighted by Gasteiger charge is 2.18. The zero-order valence-electron chi connectivity index (χ0n) is 10.5. The Hall–Kier alpha value is -2.00. The van der Waals surface area contributed by atoms with Crippen LogP contribution in [0.4, 0.5) is 5.69 Å². The van der Waals surface area contributed by atoms with Gasteiger partial charge in [0.15, 0.2) is 0 Å². The Bertz CT molecular complexity index is 494. The summed E-state index contributed by atoms with van der Waals surface area (Å²) in [6.45, 7) is 1.53. The van der Waals surface area contributed by atoms with E-state index in [2.05, 4.69) is 0 Å². The minimum absolute atomic E-state index is 0.0920. The molecule has 0 spiro atoms. The van der Waals surface area contributed by atoms with E-state index in [0.29, 0.717) is 5.69 Å². The monoisotopic (exact) mass is 278 g/mol. The van der Waals surface area contributed by atoms with Gasteiger partial charge >= 0.3 is 5.97 Å².